The van der Waals surface area contributed by atoms with Crippen molar-refractivity contribution < 1.29 is 18.0 Å². The fourth-order valence-corrected chi connectivity index (χ4v) is 7.39. The number of nitrogens with zero attached hydrogens (tertiary/aromatic N) is 2. The molecular weight excluding hydrogens is 520 g/mol. The number of benzene rings is 2. The Morgan fingerprint density at radius 1 is 1.03 bits per heavy atom. The van der Waals surface area contributed by atoms with E-state index in [9.17, 15) is 18.0 Å². The number of fused-ring (bicyclic) bond motifs is 1. The summed E-state index contributed by atoms with van der Waals surface area (Å²) in [5.41, 5.74) is 2.74. The molecule has 8 nitrogen and oxygen atoms in total. The molecule has 1 aliphatic rings. The highest BCUT2D eigenvalue weighted by Crippen LogP contribution is 2.37. The van der Waals surface area contributed by atoms with E-state index in [1.54, 1.807) is 14.0 Å². The molecule has 0 radical (unpaired) electrons. The highest BCUT2D eigenvalue weighted by atomic mass is 32.2. The summed E-state index contributed by atoms with van der Waals surface area (Å²) in [6.07, 6.45) is 1.81. The third-order valence-corrected chi connectivity index (χ3v) is 9.73. The molecule has 0 bridgehead atoms. The lowest BCUT2D eigenvalue weighted by Crippen LogP contribution is -2.31. The number of carbonyl (C=O) groups excluding carboxylic acids is 2. The molecule has 0 aliphatic carbocycles. The van der Waals surface area contributed by atoms with Crippen molar-refractivity contribution in [3.05, 3.63) is 81.7 Å². The van der Waals surface area contributed by atoms with E-state index in [1.165, 1.54) is 39.9 Å². The minimum atomic E-state index is -3.74. The number of hydrogen-bond donors (Lipinski definition) is 2. The number of hydrogen-bond acceptors (Lipinski definition) is 6. The summed E-state index contributed by atoms with van der Waals surface area (Å²) in [5, 5.41) is 6.13. The zero-order valence-electron chi connectivity index (χ0n) is 22.0. The van der Waals surface area contributed by atoms with Gasteiger partial charge in [0.15, 0.2) is 0 Å². The van der Waals surface area contributed by atoms with Crippen molar-refractivity contribution in [3.63, 3.8) is 0 Å². The number of sulfonamides is 1. The maximum absolute atomic E-state index is 13.3. The van der Waals surface area contributed by atoms with Crippen molar-refractivity contribution in [2.75, 3.05) is 32.0 Å². The monoisotopic (exact) mass is 554 g/mol. The van der Waals surface area contributed by atoms with Crippen molar-refractivity contribution in [1.82, 2.24) is 14.5 Å². The van der Waals surface area contributed by atoms with E-state index < -0.39 is 10.0 Å². The normalized spacial score (nSPS) is 13.8. The second kappa shape index (κ2) is 12.2. The van der Waals surface area contributed by atoms with E-state index in [0.29, 0.717) is 22.7 Å². The smallest absolute Gasteiger partial charge is 0.256 e. The van der Waals surface area contributed by atoms with Gasteiger partial charge in [0.25, 0.3) is 11.8 Å². The molecule has 0 saturated heterocycles. The molecule has 3 aromatic rings. The first-order valence-electron chi connectivity index (χ1n) is 12.8. The van der Waals surface area contributed by atoms with Crippen LogP contribution in [0, 0.1) is 0 Å². The standard InChI is InChI=1S/C28H34N4O4S2/c1-4-16-31-17-15-23-24(19-31)37-28(25(23)27(34)29-3)30-26(33)21-11-13-22(14-12-21)38(35,36)32(5-2)18-20-9-7-6-8-10-20/h6-14H,4-5,15-19H2,1-3H3,(H,29,34)(H,30,33). The fraction of sp³-hybridized carbons (Fsp3) is 0.357. The molecular formula is C28H34N4O4S2. The molecule has 202 valence electrons. The highest BCUT2D eigenvalue weighted by molar-refractivity contribution is 7.89. The topological polar surface area (TPSA) is 98.8 Å². The molecule has 2 N–H and O–H groups in total. The van der Waals surface area contributed by atoms with Gasteiger partial charge in [-0.05, 0) is 54.8 Å². The summed E-state index contributed by atoms with van der Waals surface area (Å²) in [7, 11) is -2.15. The number of amides is 2. The minimum Gasteiger partial charge on any atom is -0.355 e. The molecule has 0 atom stereocenters. The average Bonchev–Trinajstić information content (AvgIpc) is 3.28. The van der Waals surface area contributed by atoms with Gasteiger partial charge in [-0.25, -0.2) is 8.42 Å². The first kappa shape index (κ1) is 28.0. The Kier molecular flexibility index (Phi) is 8.99. The zero-order chi connectivity index (χ0) is 27.3. The first-order chi connectivity index (χ1) is 18.3. The van der Waals surface area contributed by atoms with Crippen LogP contribution in [0.25, 0.3) is 0 Å². The minimum absolute atomic E-state index is 0.125. The van der Waals surface area contributed by atoms with Gasteiger partial charge in [-0.15, -0.1) is 11.3 Å². The Bertz CT molecular complexity index is 1390. The lowest BCUT2D eigenvalue weighted by Gasteiger charge is -2.26. The van der Waals surface area contributed by atoms with E-state index in [2.05, 4.69) is 22.5 Å². The maximum atomic E-state index is 13.3. The Labute approximate surface area is 228 Å². The van der Waals surface area contributed by atoms with Crippen LogP contribution in [0.2, 0.25) is 0 Å². The molecule has 1 aliphatic heterocycles. The maximum Gasteiger partial charge on any atom is 0.256 e. The molecule has 38 heavy (non-hydrogen) atoms. The molecule has 10 heteroatoms. The molecule has 0 fully saturated rings. The van der Waals surface area contributed by atoms with Gasteiger partial charge >= 0.3 is 0 Å². The number of nitrogens with one attached hydrogen (secondary N) is 2. The molecule has 0 unspecified atom stereocenters. The second-order valence-corrected chi connectivity index (χ2v) is 12.3. The first-order valence-corrected chi connectivity index (χ1v) is 15.1. The van der Waals surface area contributed by atoms with Crippen molar-refractivity contribution in [2.45, 2.75) is 44.7 Å². The predicted octanol–water partition coefficient (Wildman–Crippen LogP) is 4.34. The summed E-state index contributed by atoms with van der Waals surface area (Å²) >= 11 is 1.44. The van der Waals surface area contributed by atoms with Crippen LogP contribution in [0.1, 0.15) is 57.0 Å². The number of anilines is 1. The van der Waals surface area contributed by atoms with E-state index in [4.69, 9.17) is 0 Å². The molecule has 0 spiro atoms. The van der Waals surface area contributed by atoms with Gasteiger partial charge < -0.3 is 10.6 Å². The largest absolute Gasteiger partial charge is 0.355 e. The van der Waals surface area contributed by atoms with Crippen LogP contribution in [0.5, 0.6) is 0 Å². The SMILES string of the molecule is CCCN1CCc2c(sc(NC(=O)c3ccc(S(=O)(=O)N(CC)Cc4ccccc4)cc3)c2C(=O)NC)C1. The van der Waals surface area contributed by atoms with Crippen LogP contribution >= 0.6 is 11.3 Å². The van der Waals surface area contributed by atoms with Gasteiger partial charge in [0.1, 0.15) is 5.00 Å². The Morgan fingerprint density at radius 3 is 2.37 bits per heavy atom. The fourth-order valence-electron chi connectivity index (χ4n) is 4.67. The van der Waals surface area contributed by atoms with Crippen LogP contribution < -0.4 is 10.6 Å². The van der Waals surface area contributed by atoms with Gasteiger partial charge in [0.2, 0.25) is 10.0 Å². The van der Waals surface area contributed by atoms with E-state index in [0.717, 1.165) is 48.5 Å². The summed E-state index contributed by atoms with van der Waals surface area (Å²) in [4.78, 5) is 29.4. The van der Waals surface area contributed by atoms with Crippen LogP contribution in [-0.4, -0.2) is 56.1 Å². The Morgan fingerprint density at radius 2 is 1.74 bits per heavy atom. The van der Waals surface area contributed by atoms with Crippen molar-refractivity contribution in [1.29, 1.82) is 0 Å². The van der Waals surface area contributed by atoms with Crippen LogP contribution in [-0.2, 0) is 29.5 Å². The summed E-state index contributed by atoms with van der Waals surface area (Å²) in [5.74, 6) is -0.610. The average molecular weight is 555 g/mol. The molecule has 4 rings (SSSR count). The van der Waals surface area contributed by atoms with Gasteiger partial charge in [0.05, 0.1) is 10.5 Å². The van der Waals surface area contributed by atoms with Crippen molar-refractivity contribution in [2.24, 2.45) is 0 Å². The number of rotatable bonds is 10. The highest BCUT2D eigenvalue weighted by Gasteiger charge is 2.29. The summed E-state index contributed by atoms with van der Waals surface area (Å²) in [6, 6.07) is 15.4. The number of carbonyl (C=O) groups is 2. The van der Waals surface area contributed by atoms with E-state index >= 15 is 0 Å². The van der Waals surface area contributed by atoms with Crippen LogP contribution in [0.4, 0.5) is 5.00 Å². The Balaban J connectivity index is 1.53. The quantitative estimate of drug-likeness (QED) is 0.389. The second-order valence-electron chi connectivity index (χ2n) is 9.21. The third kappa shape index (κ3) is 5.99. The third-order valence-electron chi connectivity index (χ3n) is 6.67. The van der Waals surface area contributed by atoms with E-state index in [-0.39, 0.29) is 23.3 Å². The molecule has 1 aromatic heterocycles. The van der Waals surface area contributed by atoms with Crippen LogP contribution in [0.15, 0.2) is 59.5 Å². The lowest BCUT2D eigenvalue weighted by atomic mass is 10.0. The number of thiophene rings is 1. The van der Waals surface area contributed by atoms with E-state index in [1.807, 2.05) is 30.3 Å². The van der Waals surface area contributed by atoms with Crippen LogP contribution in [0.3, 0.4) is 0 Å². The Hall–Kier alpha value is -3.05. The lowest BCUT2D eigenvalue weighted by molar-refractivity contribution is 0.0962. The van der Waals surface area contributed by atoms with Crippen molar-refractivity contribution in [3.8, 4) is 0 Å². The summed E-state index contributed by atoms with van der Waals surface area (Å²) < 4.78 is 27.9. The zero-order valence-corrected chi connectivity index (χ0v) is 23.6. The molecule has 2 heterocycles. The van der Waals surface area contributed by atoms with Gasteiger partial charge in [-0.2, -0.15) is 4.31 Å². The molecule has 2 amide bonds. The van der Waals surface area contributed by atoms with Crippen molar-refractivity contribution >= 4 is 38.2 Å². The van der Waals surface area contributed by atoms with Gasteiger partial charge in [0, 0.05) is 43.7 Å². The van der Waals surface area contributed by atoms with Gasteiger partial charge in [-0.3, -0.25) is 14.5 Å². The molecule has 2 aromatic carbocycles. The van der Waals surface area contributed by atoms with Gasteiger partial charge in [-0.1, -0.05) is 44.2 Å². The predicted molar refractivity (Wildman–Crippen MR) is 151 cm³/mol. The summed E-state index contributed by atoms with van der Waals surface area (Å²) in [6.45, 7) is 7.16. The molecule has 0 saturated carbocycles.